The minimum absolute atomic E-state index is 0.202. The van der Waals surface area contributed by atoms with Gasteiger partial charge in [-0.15, -0.1) is 0 Å². The molecule has 3 aromatic rings. The van der Waals surface area contributed by atoms with Gasteiger partial charge in [-0.25, -0.2) is 17.6 Å². The van der Waals surface area contributed by atoms with E-state index in [0.29, 0.717) is 34.3 Å². The number of hydrogen-bond acceptors (Lipinski definition) is 4. The first kappa shape index (κ1) is 22.3. The number of carbonyl (C=O) groups excluding carboxylic acids is 1. The fourth-order valence-electron chi connectivity index (χ4n) is 3.15. The van der Waals surface area contributed by atoms with E-state index < -0.39 is 24.2 Å². The van der Waals surface area contributed by atoms with Gasteiger partial charge in [0.25, 0.3) is 12.9 Å². The van der Waals surface area contributed by atoms with E-state index >= 15 is 0 Å². The summed E-state index contributed by atoms with van der Waals surface area (Å²) in [5.74, 6) is 0.120. The molecule has 0 aliphatic heterocycles. The Bertz CT molecular complexity index is 1120. The third kappa shape index (κ3) is 5.01. The van der Waals surface area contributed by atoms with Gasteiger partial charge in [0, 0.05) is 12.6 Å². The maximum absolute atomic E-state index is 13.3. The molecule has 0 aliphatic carbocycles. The van der Waals surface area contributed by atoms with Crippen molar-refractivity contribution < 1.29 is 27.1 Å². The van der Waals surface area contributed by atoms with Crippen molar-refractivity contribution in [1.29, 1.82) is 0 Å². The van der Waals surface area contributed by atoms with Crippen LogP contribution in [-0.4, -0.2) is 32.5 Å². The van der Waals surface area contributed by atoms with Crippen LogP contribution in [0.5, 0.6) is 5.75 Å². The molecule has 0 atom stereocenters. The van der Waals surface area contributed by atoms with Crippen LogP contribution in [-0.2, 0) is 13.6 Å². The number of ether oxygens (including phenoxy) is 1. The second-order valence-electron chi connectivity index (χ2n) is 6.82. The van der Waals surface area contributed by atoms with Crippen molar-refractivity contribution in [3.63, 3.8) is 0 Å². The lowest BCUT2D eigenvalue weighted by atomic mass is 10.1. The van der Waals surface area contributed by atoms with Gasteiger partial charge in [0.05, 0.1) is 19.3 Å². The van der Waals surface area contributed by atoms with E-state index in [1.54, 1.807) is 44.3 Å². The van der Waals surface area contributed by atoms with Gasteiger partial charge in [0.15, 0.2) is 0 Å². The number of benzene rings is 1. The van der Waals surface area contributed by atoms with E-state index in [1.165, 1.54) is 17.9 Å². The first-order valence-corrected chi connectivity index (χ1v) is 9.23. The Hall–Kier alpha value is -3.43. The number of hydrogen-bond donors (Lipinski definition) is 0. The Labute approximate surface area is 175 Å². The maximum atomic E-state index is 13.3. The number of rotatable bonds is 8. The molecule has 0 amide bonds. The van der Waals surface area contributed by atoms with E-state index in [1.807, 2.05) is 0 Å². The highest BCUT2D eigenvalue weighted by atomic mass is 19.3. The molecule has 0 saturated carbocycles. The topological polar surface area (TPSA) is 61.9 Å². The number of halogens is 4. The zero-order chi connectivity index (χ0) is 22.7. The van der Waals surface area contributed by atoms with Gasteiger partial charge in [-0.2, -0.15) is 10.2 Å². The minimum Gasteiger partial charge on any atom is -0.496 e. The van der Waals surface area contributed by atoms with Crippen LogP contribution in [0.1, 0.15) is 51.5 Å². The molecule has 0 fully saturated rings. The molecule has 0 saturated heterocycles. The second kappa shape index (κ2) is 9.15. The summed E-state index contributed by atoms with van der Waals surface area (Å²) >= 11 is 0. The fraction of sp³-hybridized carbons (Fsp3) is 0.286. The van der Waals surface area contributed by atoms with Crippen LogP contribution in [0.3, 0.4) is 0 Å². The molecule has 0 bridgehead atoms. The van der Waals surface area contributed by atoms with Crippen molar-refractivity contribution >= 4 is 11.9 Å². The minimum atomic E-state index is -2.96. The van der Waals surface area contributed by atoms with Crippen molar-refractivity contribution in [3.8, 4) is 5.75 Å². The zero-order valence-electron chi connectivity index (χ0n) is 17.0. The predicted molar refractivity (Wildman–Crippen MR) is 106 cm³/mol. The Balaban J connectivity index is 1.89. The molecular formula is C21H20F4N4O2. The highest BCUT2D eigenvalue weighted by Gasteiger charge is 2.22. The molecule has 0 radical (unpaired) electrons. The molecular weight excluding hydrogens is 416 g/mol. The molecule has 31 heavy (non-hydrogen) atoms. The molecule has 0 N–H and O–H groups in total. The van der Waals surface area contributed by atoms with E-state index in [4.69, 9.17) is 4.74 Å². The lowest BCUT2D eigenvalue weighted by Gasteiger charge is -2.12. The van der Waals surface area contributed by atoms with Gasteiger partial charge in [-0.1, -0.05) is 12.1 Å². The molecule has 10 heteroatoms. The number of allylic oxidation sites excluding steroid dienone is 1. The molecule has 1 aromatic carbocycles. The SMILES string of the molecule is COc1ccc(/C=C/C(=O)c2cc(C)nn2C)cc1Cn1nc(C(F)F)cc1C(F)F. The standard InChI is InChI=1S/C21H20F4N4O2/c1-12-8-16(28(2)26-12)18(30)6-4-13-5-7-19(31-3)14(9-13)11-29-17(21(24)25)10-15(27-29)20(22)23/h4-10,20-21H,11H2,1-3H3/b6-4+. The first-order chi connectivity index (χ1) is 14.7. The Morgan fingerprint density at radius 2 is 1.87 bits per heavy atom. The molecule has 2 aromatic heterocycles. The predicted octanol–water partition coefficient (Wildman–Crippen LogP) is 4.75. The zero-order valence-corrected chi connectivity index (χ0v) is 17.0. The number of aryl methyl sites for hydroxylation is 2. The van der Waals surface area contributed by atoms with Crippen molar-refractivity contribution in [2.45, 2.75) is 26.3 Å². The smallest absolute Gasteiger partial charge is 0.282 e. The normalized spacial score (nSPS) is 11.8. The van der Waals surface area contributed by atoms with Gasteiger partial charge in [-0.3, -0.25) is 14.2 Å². The second-order valence-corrected chi connectivity index (χ2v) is 6.82. The van der Waals surface area contributed by atoms with Crippen molar-refractivity contribution in [2.24, 2.45) is 7.05 Å². The lowest BCUT2D eigenvalue weighted by Crippen LogP contribution is -2.08. The van der Waals surface area contributed by atoms with Gasteiger partial charge < -0.3 is 4.74 Å². The number of carbonyl (C=O) groups is 1. The quantitative estimate of drug-likeness (QED) is 0.290. The van der Waals surface area contributed by atoms with Crippen molar-refractivity contribution in [3.05, 3.63) is 70.3 Å². The Morgan fingerprint density at radius 1 is 1.13 bits per heavy atom. The third-order valence-electron chi connectivity index (χ3n) is 4.58. The van der Waals surface area contributed by atoms with E-state index in [-0.39, 0.29) is 12.3 Å². The largest absolute Gasteiger partial charge is 0.496 e. The van der Waals surface area contributed by atoms with Crippen molar-refractivity contribution in [2.75, 3.05) is 7.11 Å². The molecule has 0 unspecified atom stereocenters. The summed E-state index contributed by atoms with van der Waals surface area (Å²) in [4.78, 5) is 12.4. The number of ketones is 1. The average molecular weight is 436 g/mol. The van der Waals surface area contributed by atoms with Gasteiger partial charge in [0.2, 0.25) is 5.78 Å². The van der Waals surface area contributed by atoms with Crippen molar-refractivity contribution in [1.82, 2.24) is 19.6 Å². The van der Waals surface area contributed by atoms with E-state index in [2.05, 4.69) is 10.2 Å². The van der Waals surface area contributed by atoms with E-state index in [9.17, 15) is 22.4 Å². The summed E-state index contributed by atoms with van der Waals surface area (Å²) < 4.78 is 60.0. The average Bonchev–Trinajstić information content (AvgIpc) is 3.29. The molecule has 3 rings (SSSR count). The van der Waals surface area contributed by atoms with Crippen LogP contribution in [0, 0.1) is 6.92 Å². The number of alkyl halides is 4. The summed E-state index contributed by atoms with van der Waals surface area (Å²) in [5, 5.41) is 7.74. The molecule has 6 nitrogen and oxygen atoms in total. The first-order valence-electron chi connectivity index (χ1n) is 9.23. The summed E-state index contributed by atoms with van der Waals surface area (Å²) in [5.41, 5.74) is 0.841. The third-order valence-corrected chi connectivity index (χ3v) is 4.58. The Morgan fingerprint density at radius 3 is 2.45 bits per heavy atom. The lowest BCUT2D eigenvalue weighted by molar-refractivity contribution is 0.103. The highest BCUT2D eigenvalue weighted by Crippen LogP contribution is 2.28. The number of nitrogens with zero attached hydrogens (tertiary/aromatic N) is 4. The monoisotopic (exact) mass is 436 g/mol. The van der Waals surface area contributed by atoms with Gasteiger partial charge in [0.1, 0.15) is 22.8 Å². The molecule has 164 valence electrons. The summed E-state index contributed by atoms with van der Waals surface area (Å²) in [6.45, 7) is 1.57. The molecule has 0 spiro atoms. The molecule has 0 aliphatic rings. The van der Waals surface area contributed by atoms with Crippen LogP contribution in [0.4, 0.5) is 17.6 Å². The fourth-order valence-corrected chi connectivity index (χ4v) is 3.15. The van der Waals surface area contributed by atoms with Gasteiger partial charge in [-0.05, 0) is 42.8 Å². The number of methoxy groups -OCH3 is 1. The van der Waals surface area contributed by atoms with Crippen LogP contribution < -0.4 is 4.74 Å². The summed E-state index contributed by atoms with van der Waals surface area (Å²) in [6, 6.07) is 7.27. The summed E-state index contributed by atoms with van der Waals surface area (Å²) in [6.07, 6.45) is -2.99. The van der Waals surface area contributed by atoms with Crippen LogP contribution in [0.15, 0.2) is 36.4 Å². The van der Waals surface area contributed by atoms with Gasteiger partial charge >= 0.3 is 0 Å². The maximum Gasteiger partial charge on any atom is 0.282 e. The number of aromatic nitrogens is 4. The van der Waals surface area contributed by atoms with Crippen LogP contribution in [0.25, 0.3) is 6.08 Å². The Kier molecular flexibility index (Phi) is 6.57. The van der Waals surface area contributed by atoms with Crippen LogP contribution >= 0.6 is 0 Å². The highest BCUT2D eigenvalue weighted by molar-refractivity contribution is 6.05. The summed E-state index contributed by atoms with van der Waals surface area (Å²) in [7, 11) is 3.07. The van der Waals surface area contributed by atoms with E-state index in [0.717, 1.165) is 4.68 Å². The molecule has 2 heterocycles. The van der Waals surface area contributed by atoms with Crippen LogP contribution in [0.2, 0.25) is 0 Å².